The number of hydrogen-bond acceptors (Lipinski definition) is 4. The number of halogens is 3. The van der Waals surface area contributed by atoms with Crippen LogP contribution in [0.2, 0.25) is 0 Å². The monoisotopic (exact) mass is 533 g/mol. The minimum absolute atomic E-state index is 0. The van der Waals surface area contributed by atoms with Gasteiger partial charge in [-0.05, 0) is 36.2 Å². The number of aliphatic imine (C=N–C) groups is 1. The first-order valence-corrected chi connectivity index (χ1v) is 9.47. The van der Waals surface area contributed by atoms with E-state index in [1.807, 2.05) is 25.1 Å². The van der Waals surface area contributed by atoms with Crippen LogP contribution in [-0.4, -0.2) is 38.9 Å². The number of rotatable bonds is 8. The van der Waals surface area contributed by atoms with Crippen LogP contribution in [-0.2, 0) is 13.0 Å². The molecule has 9 heteroatoms. The van der Waals surface area contributed by atoms with Gasteiger partial charge in [-0.25, -0.2) is 4.99 Å². The molecule has 0 saturated carbocycles. The quantitative estimate of drug-likeness (QED) is 0.306. The maximum atomic E-state index is 12.6. The van der Waals surface area contributed by atoms with Crippen molar-refractivity contribution in [2.24, 2.45) is 4.99 Å². The van der Waals surface area contributed by atoms with Gasteiger partial charge in [0, 0.05) is 13.0 Å². The van der Waals surface area contributed by atoms with E-state index in [1.165, 1.54) is 18.7 Å². The largest absolute Gasteiger partial charge is 0.493 e. The van der Waals surface area contributed by atoms with E-state index in [1.54, 1.807) is 12.1 Å². The minimum atomic E-state index is -2.92. The summed E-state index contributed by atoms with van der Waals surface area (Å²) in [5, 5.41) is 6.45. The number of fused-ring (bicyclic) bond motifs is 1. The topological polar surface area (TPSA) is 64.1 Å². The molecule has 0 saturated heterocycles. The van der Waals surface area contributed by atoms with Crippen LogP contribution in [0.25, 0.3) is 0 Å². The number of hydrogen-bond donors (Lipinski definition) is 2. The Balaban J connectivity index is 0.00000320. The van der Waals surface area contributed by atoms with E-state index in [0.29, 0.717) is 25.6 Å². The molecular formula is C21H26F2IN3O3. The van der Waals surface area contributed by atoms with Gasteiger partial charge in [0.2, 0.25) is 0 Å². The van der Waals surface area contributed by atoms with E-state index in [4.69, 9.17) is 9.47 Å². The molecule has 0 spiro atoms. The Labute approximate surface area is 192 Å². The van der Waals surface area contributed by atoms with Gasteiger partial charge in [0.15, 0.2) is 17.5 Å². The Bertz CT molecular complexity index is 827. The van der Waals surface area contributed by atoms with E-state index in [-0.39, 0.29) is 41.6 Å². The van der Waals surface area contributed by atoms with Gasteiger partial charge >= 0.3 is 6.61 Å². The number of benzene rings is 2. The lowest BCUT2D eigenvalue weighted by Gasteiger charge is -2.15. The van der Waals surface area contributed by atoms with Crippen LogP contribution < -0.4 is 24.8 Å². The van der Waals surface area contributed by atoms with Crippen LogP contribution >= 0.6 is 24.0 Å². The minimum Gasteiger partial charge on any atom is -0.493 e. The molecule has 1 aliphatic heterocycles. The molecule has 0 amide bonds. The number of methoxy groups -OCH3 is 1. The first-order chi connectivity index (χ1) is 14.1. The zero-order valence-electron chi connectivity index (χ0n) is 16.9. The summed E-state index contributed by atoms with van der Waals surface area (Å²) < 4.78 is 40.7. The standard InChI is InChI=1S/C21H25F2N3O3.HI/c1-3-24-21(26-13-16-11-15-6-4-5-7-17(15)28-16)25-12-14-8-9-18(27-2)19(10-14)29-20(22)23;/h4-10,16,20H,3,11-13H2,1-2H3,(H2,24,25,26);1H. The molecule has 1 atom stereocenters. The molecule has 0 bridgehead atoms. The van der Waals surface area contributed by atoms with Gasteiger partial charge in [-0.15, -0.1) is 24.0 Å². The molecular weight excluding hydrogens is 507 g/mol. The highest BCUT2D eigenvalue weighted by atomic mass is 127. The molecule has 0 aromatic heterocycles. The van der Waals surface area contributed by atoms with Crippen LogP contribution in [0.1, 0.15) is 18.1 Å². The number of guanidine groups is 1. The van der Waals surface area contributed by atoms with Gasteiger partial charge in [-0.3, -0.25) is 0 Å². The Morgan fingerprint density at radius 3 is 2.70 bits per heavy atom. The van der Waals surface area contributed by atoms with Crippen molar-refractivity contribution in [1.29, 1.82) is 0 Å². The van der Waals surface area contributed by atoms with Crippen molar-refractivity contribution in [2.45, 2.75) is 32.6 Å². The first-order valence-electron chi connectivity index (χ1n) is 9.47. The summed E-state index contributed by atoms with van der Waals surface area (Å²) in [6, 6.07) is 12.9. The second-order valence-electron chi connectivity index (χ2n) is 6.49. The highest BCUT2D eigenvalue weighted by molar-refractivity contribution is 14.0. The second kappa shape index (κ2) is 11.8. The van der Waals surface area contributed by atoms with Crippen molar-refractivity contribution in [3.8, 4) is 17.2 Å². The summed E-state index contributed by atoms with van der Waals surface area (Å²) in [5.74, 6) is 1.79. The van der Waals surface area contributed by atoms with Crippen molar-refractivity contribution >= 4 is 29.9 Å². The second-order valence-corrected chi connectivity index (χ2v) is 6.49. The highest BCUT2D eigenvalue weighted by Crippen LogP contribution is 2.30. The van der Waals surface area contributed by atoms with Crippen molar-refractivity contribution in [2.75, 3.05) is 20.2 Å². The van der Waals surface area contributed by atoms with Gasteiger partial charge in [0.1, 0.15) is 11.9 Å². The molecule has 3 rings (SSSR count). The van der Waals surface area contributed by atoms with E-state index in [0.717, 1.165) is 17.7 Å². The van der Waals surface area contributed by atoms with Crippen molar-refractivity contribution in [3.63, 3.8) is 0 Å². The fourth-order valence-electron chi connectivity index (χ4n) is 3.10. The molecule has 0 radical (unpaired) electrons. The van der Waals surface area contributed by atoms with Crippen LogP contribution in [0, 0.1) is 0 Å². The lowest BCUT2D eigenvalue weighted by atomic mass is 10.1. The fraction of sp³-hybridized carbons (Fsp3) is 0.381. The van der Waals surface area contributed by atoms with E-state index < -0.39 is 6.61 Å². The SMILES string of the molecule is CCNC(=NCc1ccc(OC)c(OC(F)F)c1)NCC1Cc2ccccc2O1.I. The number of nitrogens with one attached hydrogen (secondary N) is 2. The number of ether oxygens (including phenoxy) is 3. The summed E-state index contributed by atoms with van der Waals surface area (Å²) >= 11 is 0. The number of alkyl halides is 2. The predicted octanol–water partition coefficient (Wildman–Crippen LogP) is 3.97. The molecule has 0 aliphatic carbocycles. The maximum absolute atomic E-state index is 12.6. The van der Waals surface area contributed by atoms with Gasteiger partial charge in [0.25, 0.3) is 0 Å². The van der Waals surface area contributed by atoms with Crippen molar-refractivity contribution < 1.29 is 23.0 Å². The first kappa shape index (κ1) is 24.0. The van der Waals surface area contributed by atoms with E-state index in [9.17, 15) is 8.78 Å². The van der Waals surface area contributed by atoms with Gasteiger partial charge < -0.3 is 24.8 Å². The van der Waals surface area contributed by atoms with E-state index in [2.05, 4.69) is 26.4 Å². The molecule has 1 heterocycles. The molecule has 164 valence electrons. The van der Waals surface area contributed by atoms with Crippen molar-refractivity contribution in [1.82, 2.24) is 10.6 Å². The molecule has 6 nitrogen and oxygen atoms in total. The fourth-order valence-corrected chi connectivity index (χ4v) is 3.10. The summed E-state index contributed by atoms with van der Waals surface area (Å²) in [7, 11) is 1.40. The van der Waals surface area contributed by atoms with E-state index >= 15 is 0 Å². The molecule has 2 aromatic rings. The lowest BCUT2D eigenvalue weighted by Crippen LogP contribution is -2.42. The third kappa shape index (κ3) is 6.61. The van der Waals surface area contributed by atoms with Gasteiger partial charge in [-0.2, -0.15) is 8.78 Å². The average Bonchev–Trinajstić information content (AvgIpc) is 3.13. The third-order valence-electron chi connectivity index (χ3n) is 4.42. The maximum Gasteiger partial charge on any atom is 0.387 e. The van der Waals surface area contributed by atoms with Gasteiger partial charge in [0.05, 0.1) is 20.2 Å². The van der Waals surface area contributed by atoms with Crippen LogP contribution in [0.5, 0.6) is 17.2 Å². The highest BCUT2D eigenvalue weighted by Gasteiger charge is 2.22. The molecule has 1 aliphatic rings. The van der Waals surface area contributed by atoms with Crippen LogP contribution in [0.4, 0.5) is 8.78 Å². The zero-order chi connectivity index (χ0) is 20.6. The molecule has 1 unspecified atom stereocenters. The average molecular weight is 533 g/mol. The Kier molecular flexibility index (Phi) is 9.41. The van der Waals surface area contributed by atoms with Crippen LogP contribution in [0.15, 0.2) is 47.5 Å². The van der Waals surface area contributed by atoms with Crippen LogP contribution in [0.3, 0.4) is 0 Å². The Morgan fingerprint density at radius 2 is 2.00 bits per heavy atom. The van der Waals surface area contributed by atoms with Crippen molar-refractivity contribution in [3.05, 3.63) is 53.6 Å². The molecule has 0 fully saturated rings. The number of nitrogens with zero attached hydrogens (tertiary/aromatic N) is 1. The summed E-state index contributed by atoms with van der Waals surface area (Å²) in [5.41, 5.74) is 1.93. The predicted molar refractivity (Wildman–Crippen MR) is 122 cm³/mol. The van der Waals surface area contributed by atoms with Gasteiger partial charge in [-0.1, -0.05) is 24.3 Å². The normalized spacial score (nSPS) is 15.1. The summed E-state index contributed by atoms with van der Waals surface area (Å²) in [6.45, 7) is 0.645. The Hall–Kier alpha value is -2.30. The zero-order valence-corrected chi connectivity index (χ0v) is 19.2. The number of para-hydroxylation sites is 1. The summed E-state index contributed by atoms with van der Waals surface area (Å²) in [4.78, 5) is 4.52. The molecule has 2 N–H and O–H groups in total. The molecule has 2 aromatic carbocycles. The molecule has 30 heavy (non-hydrogen) atoms. The smallest absolute Gasteiger partial charge is 0.387 e. The third-order valence-corrected chi connectivity index (χ3v) is 4.42. The Morgan fingerprint density at radius 1 is 1.20 bits per heavy atom. The summed E-state index contributed by atoms with van der Waals surface area (Å²) in [6.07, 6.45) is 0.873. The lowest BCUT2D eigenvalue weighted by molar-refractivity contribution is -0.0512.